The van der Waals surface area contributed by atoms with Gasteiger partial charge in [0.25, 0.3) is 0 Å². The molecule has 0 amide bonds. The van der Waals surface area contributed by atoms with E-state index in [1.54, 1.807) is 0 Å². The van der Waals surface area contributed by atoms with E-state index < -0.39 is 0 Å². The van der Waals surface area contributed by atoms with Gasteiger partial charge in [-0.2, -0.15) is 0 Å². The van der Waals surface area contributed by atoms with Crippen LogP contribution in [0, 0.1) is 12.7 Å². The van der Waals surface area contributed by atoms with Crippen molar-refractivity contribution in [2.45, 2.75) is 6.92 Å². The summed E-state index contributed by atoms with van der Waals surface area (Å²) in [7, 11) is 1.94. The Bertz CT molecular complexity index is 338. The Morgan fingerprint density at radius 2 is 2.23 bits per heavy atom. The number of aryl methyl sites for hydroxylation is 1. The average Bonchev–Trinajstić information content (AvgIpc) is 2.07. The van der Waals surface area contributed by atoms with Crippen LogP contribution in [0.15, 0.2) is 12.1 Å². The van der Waals surface area contributed by atoms with Gasteiger partial charge in [-0.05, 0) is 24.6 Å². The topological polar surface area (TPSA) is 12.5 Å². The molecule has 2 rings (SSSR count). The van der Waals surface area contributed by atoms with Crippen LogP contribution in [-0.2, 0) is 0 Å². The second kappa shape index (κ2) is 2.91. The highest BCUT2D eigenvalue weighted by Crippen LogP contribution is 2.34. The van der Waals surface area contributed by atoms with E-state index >= 15 is 0 Å². The largest absolute Gasteiger partial charge is 0.486 e. The molecule has 1 aliphatic heterocycles. The summed E-state index contributed by atoms with van der Waals surface area (Å²) in [4.78, 5) is 2.01. The van der Waals surface area contributed by atoms with Crippen LogP contribution in [0.25, 0.3) is 0 Å². The van der Waals surface area contributed by atoms with Crippen LogP contribution >= 0.6 is 0 Å². The maximum atomic E-state index is 13.4. The van der Waals surface area contributed by atoms with Gasteiger partial charge in [0.2, 0.25) is 0 Å². The number of hydrogen-bond donors (Lipinski definition) is 0. The Kier molecular flexibility index (Phi) is 1.87. The molecule has 3 heteroatoms. The highest BCUT2D eigenvalue weighted by molar-refractivity contribution is 5.61. The van der Waals surface area contributed by atoms with Crippen LogP contribution in [0.4, 0.5) is 10.1 Å². The number of fused-ring (bicyclic) bond motifs is 1. The highest BCUT2D eigenvalue weighted by Gasteiger charge is 2.18. The molecule has 0 saturated heterocycles. The summed E-state index contributed by atoms with van der Waals surface area (Å²) < 4.78 is 18.6. The van der Waals surface area contributed by atoms with Gasteiger partial charge >= 0.3 is 0 Å². The minimum absolute atomic E-state index is 0.262. The Labute approximate surface area is 76.9 Å². The summed E-state index contributed by atoms with van der Waals surface area (Å²) in [5, 5.41) is 0. The third-order valence-corrected chi connectivity index (χ3v) is 2.25. The van der Waals surface area contributed by atoms with Crippen LogP contribution in [0.2, 0.25) is 0 Å². The van der Waals surface area contributed by atoms with Crippen molar-refractivity contribution in [1.82, 2.24) is 0 Å². The molecular weight excluding hydrogens is 169 g/mol. The van der Waals surface area contributed by atoms with Crippen LogP contribution in [0.5, 0.6) is 5.75 Å². The number of benzene rings is 1. The molecule has 0 aliphatic carbocycles. The van der Waals surface area contributed by atoms with Gasteiger partial charge in [0.15, 0.2) is 11.6 Å². The summed E-state index contributed by atoms with van der Waals surface area (Å²) in [6.45, 7) is 3.26. The van der Waals surface area contributed by atoms with Crippen molar-refractivity contribution < 1.29 is 9.13 Å². The molecule has 1 heterocycles. The number of anilines is 1. The third kappa shape index (κ3) is 1.34. The first-order valence-electron chi connectivity index (χ1n) is 4.32. The van der Waals surface area contributed by atoms with Gasteiger partial charge in [0.1, 0.15) is 6.61 Å². The molecule has 0 unspecified atom stereocenters. The number of likely N-dealkylation sites (N-methyl/N-ethyl adjacent to an activating group) is 1. The predicted molar refractivity (Wildman–Crippen MR) is 49.9 cm³/mol. The SMILES string of the molecule is Cc1cc(F)c2c(c1)N(C)CCO2. The Balaban J connectivity index is 2.56. The van der Waals surface area contributed by atoms with Gasteiger partial charge in [-0.1, -0.05) is 0 Å². The second-order valence-corrected chi connectivity index (χ2v) is 3.37. The van der Waals surface area contributed by atoms with Gasteiger partial charge in [-0.15, -0.1) is 0 Å². The molecular formula is C10H12FNO. The molecule has 70 valence electrons. The van der Waals surface area contributed by atoms with E-state index in [0.29, 0.717) is 12.4 Å². The van der Waals surface area contributed by atoms with Crippen molar-refractivity contribution >= 4 is 5.69 Å². The fourth-order valence-corrected chi connectivity index (χ4v) is 1.54. The van der Waals surface area contributed by atoms with E-state index in [1.165, 1.54) is 6.07 Å². The lowest BCUT2D eigenvalue weighted by molar-refractivity contribution is 0.295. The van der Waals surface area contributed by atoms with Crippen molar-refractivity contribution in [1.29, 1.82) is 0 Å². The van der Waals surface area contributed by atoms with Crippen molar-refractivity contribution in [3.8, 4) is 5.75 Å². The first-order valence-corrected chi connectivity index (χ1v) is 4.32. The molecule has 1 aliphatic rings. The van der Waals surface area contributed by atoms with Gasteiger partial charge in [0.05, 0.1) is 12.2 Å². The van der Waals surface area contributed by atoms with Crippen molar-refractivity contribution in [2.75, 3.05) is 25.1 Å². The number of hydrogen-bond acceptors (Lipinski definition) is 2. The Morgan fingerprint density at radius 3 is 3.00 bits per heavy atom. The fraction of sp³-hybridized carbons (Fsp3) is 0.400. The van der Waals surface area contributed by atoms with Gasteiger partial charge in [-0.3, -0.25) is 0 Å². The van der Waals surface area contributed by atoms with Gasteiger partial charge < -0.3 is 9.64 Å². The molecule has 0 spiro atoms. The number of ether oxygens (including phenoxy) is 1. The number of nitrogens with zero attached hydrogens (tertiary/aromatic N) is 1. The molecule has 0 saturated carbocycles. The van der Waals surface area contributed by atoms with Crippen molar-refractivity contribution in [3.05, 3.63) is 23.5 Å². The molecule has 0 radical (unpaired) electrons. The molecule has 0 N–H and O–H groups in total. The van der Waals surface area contributed by atoms with E-state index in [4.69, 9.17) is 4.74 Å². The lowest BCUT2D eigenvalue weighted by atomic mass is 10.1. The lowest BCUT2D eigenvalue weighted by Gasteiger charge is -2.28. The molecule has 13 heavy (non-hydrogen) atoms. The third-order valence-electron chi connectivity index (χ3n) is 2.25. The molecule has 0 fully saturated rings. The molecule has 0 atom stereocenters. The van der Waals surface area contributed by atoms with Crippen LogP contribution < -0.4 is 9.64 Å². The monoisotopic (exact) mass is 181 g/mol. The normalized spacial score (nSPS) is 15.2. The van der Waals surface area contributed by atoms with Crippen LogP contribution in [0.1, 0.15) is 5.56 Å². The van der Waals surface area contributed by atoms with Crippen LogP contribution in [-0.4, -0.2) is 20.2 Å². The molecule has 0 aromatic heterocycles. The first-order chi connectivity index (χ1) is 6.18. The number of rotatable bonds is 0. The highest BCUT2D eigenvalue weighted by atomic mass is 19.1. The van der Waals surface area contributed by atoms with E-state index in [1.807, 2.05) is 24.9 Å². The van der Waals surface area contributed by atoms with E-state index in [-0.39, 0.29) is 5.82 Å². The van der Waals surface area contributed by atoms with Crippen molar-refractivity contribution in [2.24, 2.45) is 0 Å². The molecule has 1 aromatic carbocycles. The summed E-state index contributed by atoms with van der Waals surface area (Å²) in [5.41, 5.74) is 1.78. The maximum Gasteiger partial charge on any atom is 0.178 e. The fourth-order valence-electron chi connectivity index (χ4n) is 1.54. The smallest absolute Gasteiger partial charge is 0.178 e. The Morgan fingerprint density at radius 1 is 1.46 bits per heavy atom. The molecule has 1 aromatic rings. The predicted octanol–water partition coefficient (Wildman–Crippen LogP) is 1.96. The second-order valence-electron chi connectivity index (χ2n) is 3.37. The summed E-state index contributed by atoms with van der Waals surface area (Å²) in [5.74, 6) is 0.126. The zero-order valence-corrected chi connectivity index (χ0v) is 7.80. The molecule has 0 bridgehead atoms. The number of halogens is 1. The zero-order valence-electron chi connectivity index (χ0n) is 7.80. The maximum absolute atomic E-state index is 13.4. The molecule has 2 nitrogen and oxygen atoms in total. The standard InChI is InChI=1S/C10H12FNO/c1-7-5-8(11)10-9(6-7)12(2)3-4-13-10/h5-6H,3-4H2,1-2H3. The lowest BCUT2D eigenvalue weighted by Crippen LogP contribution is -2.29. The summed E-state index contributed by atoms with van der Waals surface area (Å²) >= 11 is 0. The zero-order chi connectivity index (χ0) is 9.42. The van der Waals surface area contributed by atoms with E-state index in [2.05, 4.69) is 0 Å². The van der Waals surface area contributed by atoms with E-state index in [9.17, 15) is 4.39 Å². The Hall–Kier alpha value is -1.25. The van der Waals surface area contributed by atoms with E-state index in [0.717, 1.165) is 17.8 Å². The van der Waals surface area contributed by atoms with Gasteiger partial charge in [-0.25, -0.2) is 4.39 Å². The average molecular weight is 181 g/mol. The minimum Gasteiger partial charge on any atom is -0.486 e. The summed E-state index contributed by atoms with van der Waals surface area (Å²) in [6.07, 6.45) is 0. The minimum atomic E-state index is -0.262. The van der Waals surface area contributed by atoms with Crippen molar-refractivity contribution in [3.63, 3.8) is 0 Å². The van der Waals surface area contributed by atoms with Gasteiger partial charge in [0, 0.05) is 7.05 Å². The van der Waals surface area contributed by atoms with Crippen LogP contribution in [0.3, 0.4) is 0 Å². The quantitative estimate of drug-likeness (QED) is 0.606. The summed E-state index contributed by atoms with van der Waals surface area (Å²) in [6, 6.07) is 3.44. The first kappa shape index (κ1) is 8.35.